The van der Waals surface area contributed by atoms with Gasteiger partial charge in [0.25, 0.3) is 0 Å². The fourth-order valence-electron chi connectivity index (χ4n) is 4.21. The summed E-state index contributed by atoms with van der Waals surface area (Å²) in [4.78, 5) is 7.14. The Bertz CT molecular complexity index is 1130. The highest BCUT2D eigenvalue weighted by Crippen LogP contribution is 2.42. The van der Waals surface area contributed by atoms with Crippen molar-refractivity contribution in [3.05, 3.63) is 65.0 Å². The van der Waals surface area contributed by atoms with E-state index in [1.54, 1.807) is 0 Å². The molecule has 1 unspecified atom stereocenters. The first-order valence-corrected chi connectivity index (χ1v) is 10.1. The third kappa shape index (κ3) is 2.76. The van der Waals surface area contributed by atoms with Crippen molar-refractivity contribution < 1.29 is 4.42 Å². The maximum Gasteiger partial charge on any atom is 0.227 e. The first-order chi connectivity index (χ1) is 13.1. The molecule has 1 aliphatic heterocycles. The minimum Gasteiger partial charge on any atom is -0.437 e. The standard InChI is InChI=1S/C25H30N2O/c1-8-17-13-14-27(7)25(6,15-17)21-16(2)9-10-18-19-11-12-20(24(3,4)5)26-23(19)28-22(18)21/h9-15H,8H2,1-7H3. The van der Waals surface area contributed by atoms with Crippen LogP contribution in [-0.4, -0.2) is 16.9 Å². The van der Waals surface area contributed by atoms with Crippen LogP contribution in [0.4, 0.5) is 0 Å². The van der Waals surface area contributed by atoms with Crippen molar-refractivity contribution in [3.8, 4) is 0 Å². The first-order valence-electron chi connectivity index (χ1n) is 10.1. The van der Waals surface area contributed by atoms with Crippen LogP contribution in [0.1, 0.15) is 57.9 Å². The second-order valence-electron chi connectivity index (χ2n) is 9.18. The summed E-state index contributed by atoms with van der Waals surface area (Å²) in [5, 5.41) is 2.22. The third-order valence-electron chi connectivity index (χ3n) is 6.11. The highest BCUT2D eigenvalue weighted by molar-refractivity contribution is 6.05. The van der Waals surface area contributed by atoms with Crippen molar-refractivity contribution in [2.45, 2.75) is 58.9 Å². The minimum absolute atomic E-state index is 0.00889. The number of furan rings is 1. The van der Waals surface area contributed by atoms with E-state index in [9.17, 15) is 0 Å². The summed E-state index contributed by atoms with van der Waals surface area (Å²) in [7, 11) is 2.14. The molecule has 2 aromatic heterocycles. The number of hydrogen-bond acceptors (Lipinski definition) is 3. The summed E-state index contributed by atoms with van der Waals surface area (Å²) in [6.07, 6.45) is 7.77. The number of allylic oxidation sites excluding steroid dienone is 2. The maximum atomic E-state index is 6.44. The van der Waals surface area contributed by atoms with E-state index in [0.29, 0.717) is 0 Å². The molecule has 3 aromatic rings. The topological polar surface area (TPSA) is 29.3 Å². The number of aromatic nitrogens is 1. The SMILES string of the molecule is CCC1=CC(C)(c2c(C)ccc3c2oc2nc(C(C)(C)C)ccc23)N(C)C=C1. The van der Waals surface area contributed by atoms with Gasteiger partial charge in [-0.25, -0.2) is 4.98 Å². The number of nitrogens with zero attached hydrogens (tertiary/aromatic N) is 2. The molecule has 3 heterocycles. The van der Waals surface area contributed by atoms with Gasteiger partial charge in [0, 0.05) is 40.7 Å². The molecule has 0 radical (unpaired) electrons. The second-order valence-corrected chi connectivity index (χ2v) is 9.18. The van der Waals surface area contributed by atoms with E-state index in [-0.39, 0.29) is 11.0 Å². The molecule has 1 aromatic carbocycles. The molecule has 0 amide bonds. The molecule has 0 aliphatic carbocycles. The van der Waals surface area contributed by atoms with Crippen molar-refractivity contribution in [3.63, 3.8) is 0 Å². The van der Waals surface area contributed by atoms with Crippen LogP contribution < -0.4 is 0 Å². The van der Waals surface area contributed by atoms with Crippen molar-refractivity contribution in [2.24, 2.45) is 0 Å². The van der Waals surface area contributed by atoms with Gasteiger partial charge in [-0.1, -0.05) is 45.9 Å². The number of benzene rings is 1. The van der Waals surface area contributed by atoms with Gasteiger partial charge in [-0.3, -0.25) is 0 Å². The quantitative estimate of drug-likeness (QED) is 0.506. The zero-order valence-corrected chi connectivity index (χ0v) is 18.1. The van der Waals surface area contributed by atoms with Crippen LogP contribution in [0.25, 0.3) is 22.1 Å². The number of aryl methyl sites for hydroxylation is 1. The molecule has 4 rings (SSSR count). The Hall–Kier alpha value is -2.55. The molecule has 0 fully saturated rings. The Morgan fingerprint density at radius 3 is 2.50 bits per heavy atom. The van der Waals surface area contributed by atoms with E-state index in [2.05, 4.69) is 96.1 Å². The molecule has 0 N–H and O–H groups in total. The maximum absolute atomic E-state index is 6.44. The largest absolute Gasteiger partial charge is 0.437 e. The Balaban J connectivity index is 2.02. The van der Waals surface area contributed by atoms with E-state index in [0.717, 1.165) is 34.2 Å². The summed E-state index contributed by atoms with van der Waals surface area (Å²) in [5.74, 6) is 0. The molecular weight excluding hydrogens is 344 g/mol. The molecular formula is C25H30N2O. The lowest BCUT2D eigenvalue weighted by molar-refractivity contribution is 0.258. The number of fused-ring (bicyclic) bond motifs is 3. The van der Waals surface area contributed by atoms with Crippen LogP contribution in [-0.2, 0) is 11.0 Å². The van der Waals surface area contributed by atoms with Gasteiger partial charge in [0.05, 0.1) is 5.54 Å². The minimum atomic E-state index is -0.260. The van der Waals surface area contributed by atoms with E-state index in [1.165, 1.54) is 16.7 Å². The summed E-state index contributed by atoms with van der Waals surface area (Å²) in [5.41, 5.74) is 6.26. The van der Waals surface area contributed by atoms with E-state index < -0.39 is 0 Å². The summed E-state index contributed by atoms with van der Waals surface area (Å²) < 4.78 is 6.44. The lowest BCUT2D eigenvalue weighted by Crippen LogP contribution is -2.38. The summed E-state index contributed by atoms with van der Waals surface area (Å²) in [6.45, 7) is 13.2. The highest BCUT2D eigenvalue weighted by atomic mass is 16.3. The van der Waals surface area contributed by atoms with Crippen molar-refractivity contribution in [1.82, 2.24) is 9.88 Å². The first kappa shape index (κ1) is 18.8. The fourth-order valence-corrected chi connectivity index (χ4v) is 4.21. The molecule has 146 valence electrons. The van der Waals surface area contributed by atoms with Gasteiger partial charge in [-0.2, -0.15) is 0 Å². The van der Waals surface area contributed by atoms with E-state index in [4.69, 9.17) is 9.40 Å². The Labute approximate surface area is 167 Å². The third-order valence-corrected chi connectivity index (χ3v) is 6.11. The van der Waals surface area contributed by atoms with Crippen LogP contribution in [0.5, 0.6) is 0 Å². The Morgan fingerprint density at radius 2 is 1.82 bits per heavy atom. The zero-order chi connectivity index (χ0) is 20.3. The van der Waals surface area contributed by atoms with Gasteiger partial charge in [-0.15, -0.1) is 0 Å². The van der Waals surface area contributed by atoms with Crippen LogP contribution in [0.15, 0.2) is 52.6 Å². The van der Waals surface area contributed by atoms with Gasteiger partial charge in [0.1, 0.15) is 5.58 Å². The van der Waals surface area contributed by atoms with Gasteiger partial charge in [0.2, 0.25) is 5.71 Å². The van der Waals surface area contributed by atoms with E-state index >= 15 is 0 Å². The molecule has 0 saturated heterocycles. The van der Waals surface area contributed by atoms with Crippen molar-refractivity contribution in [1.29, 1.82) is 0 Å². The molecule has 28 heavy (non-hydrogen) atoms. The molecule has 1 aliphatic rings. The average Bonchev–Trinajstić information content (AvgIpc) is 3.00. The zero-order valence-electron chi connectivity index (χ0n) is 18.1. The number of pyridine rings is 1. The number of likely N-dealkylation sites (N-methyl/N-ethyl adjacent to an activating group) is 1. The smallest absolute Gasteiger partial charge is 0.227 e. The lowest BCUT2D eigenvalue weighted by Gasteiger charge is -2.40. The van der Waals surface area contributed by atoms with Crippen LogP contribution in [0.3, 0.4) is 0 Å². The molecule has 3 heteroatoms. The second kappa shape index (κ2) is 6.23. The van der Waals surface area contributed by atoms with Crippen molar-refractivity contribution >= 4 is 22.1 Å². The monoisotopic (exact) mass is 374 g/mol. The molecule has 3 nitrogen and oxygen atoms in total. The van der Waals surface area contributed by atoms with Gasteiger partial charge in [0.15, 0.2) is 0 Å². The molecule has 1 atom stereocenters. The summed E-state index contributed by atoms with van der Waals surface area (Å²) in [6, 6.07) is 8.67. The Morgan fingerprint density at radius 1 is 1.11 bits per heavy atom. The summed E-state index contributed by atoms with van der Waals surface area (Å²) >= 11 is 0. The predicted molar refractivity (Wildman–Crippen MR) is 118 cm³/mol. The highest BCUT2D eigenvalue weighted by Gasteiger charge is 2.34. The van der Waals surface area contributed by atoms with Crippen LogP contribution >= 0.6 is 0 Å². The van der Waals surface area contributed by atoms with Gasteiger partial charge in [-0.05, 0) is 49.6 Å². The van der Waals surface area contributed by atoms with Crippen molar-refractivity contribution in [2.75, 3.05) is 7.05 Å². The van der Waals surface area contributed by atoms with Crippen LogP contribution in [0, 0.1) is 6.92 Å². The number of hydrogen-bond donors (Lipinski definition) is 0. The number of rotatable bonds is 2. The van der Waals surface area contributed by atoms with Crippen LogP contribution in [0.2, 0.25) is 0 Å². The van der Waals surface area contributed by atoms with Gasteiger partial charge < -0.3 is 9.32 Å². The fraction of sp³-hybridized carbons (Fsp3) is 0.400. The Kier molecular flexibility index (Phi) is 4.18. The van der Waals surface area contributed by atoms with Gasteiger partial charge >= 0.3 is 0 Å². The predicted octanol–water partition coefficient (Wildman–Crippen LogP) is 6.60. The van der Waals surface area contributed by atoms with E-state index in [1.807, 2.05) is 0 Å². The lowest BCUT2D eigenvalue weighted by atomic mass is 9.82. The average molecular weight is 375 g/mol. The molecule has 0 spiro atoms. The molecule has 0 saturated carbocycles. The normalized spacial score (nSPS) is 20.2. The molecule has 0 bridgehead atoms.